The molecule has 0 radical (unpaired) electrons. The van der Waals surface area contributed by atoms with E-state index in [-0.39, 0.29) is 29.7 Å². The summed E-state index contributed by atoms with van der Waals surface area (Å²) >= 11 is 0. The highest BCUT2D eigenvalue weighted by Crippen LogP contribution is 2.50. The first-order chi connectivity index (χ1) is 29.9. The Bertz CT molecular complexity index is 3750. The van der Waals surface area contributed by atoms with Gasteiger partial charge in [-0.3, -0.25) is 0 Å². The van der Waals surface area contributed by atoms with Gasteiger partial charge in [0.15, 0.2) is 0 Å². The Kier molecular flexibility index (Phi) is 5.67. The lowest BCUT2D eigenvalue weighted by Crippen LogP contribution is -1.93. The molecule has 0 saturated heterocycles. The molecule has 10 aromatic carbocycles. The van der Waals surface area contributed by atoms with Crippen molar-refractivity contribution < 1.29 is 15.7 Å². The number of rotatable bonds is 4. The van der Waals surface area contributed by atoms with Crippen molar-refractivity contribution in [3.05, 3.63) is 194 Å². The van der Waals surface area contributed by atoms with Crippen molar-refractivity contribution >= 4 is 76.2 Å². The van der Waals surface area contributed by atoms with Crippen LogP contribution in [-0.4, -0.2) is 0 Å². The van der Waals surface area contributed by atoms with Gasteiger partial charge in [0.2, 0.25) is 0 Å². The molecular weight excluding hydrogens is 681 g/mol. The highest BCUT2D eigenvalue weighted by Gasteiger charge is 2.24. The maximum Gasteiger partial charge on any atom is 0.143 e. The topological polar surface area (TPSA) is 26.3 Å². The number of hydrogen-bond donors (Lipinski definition) is 0. The third kappa shape index (κ3) is 4.44. The molecule has 0 aliphatic carbocycles. The van der Waals surface area contributed by atoms with Crippen LogP contribution in [0, 0.1) is 0 Å². The Morgan fingerprint density at radius 2 is 0.804 bits per heavy atom. The zero-order valence-electron chi connectivity index (χ0n) is 34.9. The Labute approximate surface area is 329 Å². The lowest BCUT2D eigenvalue weighted by atomic mass is 9.82. The molecule has 12 aromatic rings. The zero-order valence-corrected chi connectivity index (χ0v) is 29.9. The molecule has 0 atom stereocenters. The minimum absolute atomic E-state index is 0.192. The summed E-state index contributed by atoms with van der Waals surface area (Å²) in [6.07, 6.45) is 0. The van der Waals surface area contributed by atoms with Crippen molar-refractivity contribution in [2.24, 2.45) is 0 Å². The normalized spacial score (nSPS) is 13.2. The molecule has 0 bridgehead atoms. The largest absolute Gasteiger partial charge is 0.456 e. The maximum atomic E-state index is 9.02. The van der Waals surface area contributed by atoms with Crippen molar-refractivity contribution in [3.8, 4) is 44.5 Å². The monoisotopic (exact) mass is 717 g/mol. The molecule has 0 spiro atoms. The van der Waals surface area contributed by atoms with Crippen LogP contribution in [0.15, 0.2) is 203 Å². The van der Waals surface area contributed by atoms with Crippen LogP contribution < -0.4 is 0 Å². The summed E-state index contributed by atoms with van der Waals surface area (Å²) in [5.74, 6) is 0. The third-order valence-electron chi connectivity index (χ3n) is 11.4. The van der Waals surface area contributed by atoms with E-state index >= 15 is 0 Å². The molecule has 0 aliphatic heterocycles. The number of furan rings is 2. The Morgan fingerprint density at radius 3 is 1.46 bits per heavy atom. The Hall–Kier alpha value is -7.42. The van der Waals surface area contributed by atoms with Crippen molar-refractivity contribution in [2.45, 2.75) is 0 Å². The molecule has 2 nitrogen and oxygen atoms in total. The van der Waals surface area contributed by atoms with Crippen LogP contribution in [-0.2, 0) is 0 Å². The van der Waals surface area contributed by atoms with Gasteiger partial charge in [0.05, 0.1) is 6.85 Å². The highest BCUT2D eigenvalue weighted by molar-refractivity contribution is 6.26. The molecule has 2 heterocycles. The lowest BCUT2D eigenvalue weighted by Gasteiger charge is -2.20. The second-order valence-electron chi connectivity index (χ2n) is 14.3. The van der Waals surface area contributed by atoms with E-state index in [1.165, 1.54) is 0 Å². The van der Waals surface area contributed by atoms with Gasteiger partial charge < -0.3 is 8.83 Å². The predicted octanol–water partition coefficient (Wildman–Crippen LogP) is 15.6. The summed E-state index contributed by atoms with van der Waals surface area (Å²) in [6, 6.07) is 54.4. The van der Waals surface area contributed by atoms with E-state index in [0.717, 1.165) is 110 Å². The maximum absolute atomic E-state index is 9.02. The van der Waals surface area contributed by atoms with Crippen LogP contribution in [0.1, 0.15) is 6.85 Å². The summed E-state index contributed by atoms with van der Waals surface area (Å²) in [5.41, 5.74) is 10.2. The average Bonchev–Trinajstić information content (AvgIpc) is 3.88. The Morgan fingerprint density at radius 1 is 0.304 bits per heavy atom. The Balaban J connectivity index is 1.19. The quantitative estimate of drug-likeness (QED) is 0.169. The molecule has 0 saturated carbocycles. The third-order valence-corrected chi connectivity index (χ3v) is 11.4. The van der Waals surface area contributed by atoms with Gasteiger partial charge in [-0.1, -0.05) is 170 Å². The van der Waals surface area contributed by atoms with Gasteiger partial charge in [0.1, 0.15) is 22.3 Å². The zero-order chi connectivity index (χ0) is 41.1. The van der Waals surface area contributed by atoms with Gasteiger partial charge in [-0.15, -0.1) is 0 Å². The summed E-state index contributed by atoms with van der Waals surface area (Å²) in [4.78, 5) is 0. The standard InChI is InChI=1S/C54H32O2/c1-2-15-33(16-3-1)50-37-20-6-8-22-39(37)51(40-23-9-7-21-38(40)50)41-29-30-42(35-18-5-4-17-34(35)41)52-43(31-32-49-53(52)46-24-11-13-28-48(46)55-49)45-26-14-25-44-36-19-10-12-27-47(36)56-54(44)45/h1-32H/i1D,2D,3D,15D,16D. The summed E-state index contributed by atoms with van der Waals surface area (Å²) < 4.78 is 56.7. The minimum atomic E-state index is -0.410. The van der Waals surface area contributed by atoms with E-state index in [1.54, 1.807) is 0 Å². The van der Waals surface area contributed by atoms with Crippen LogP contribution in [0.25, 0.3) is 121 Å². The first kappa shape index (κ1) is 26.4. The van der Waals surface area contributed by atoms with Gasteiger partial charge in [-0.25, -0.2) is 0 Å². The fraction of sp³-hybridized carbons (Fsp3) is 0. The SMILES string of the molecule is [2H]c1c([2H])c([2H])c(-c2c3ccccc3c(-c3ccc(-c4c(-c5cccc6c5oc5ccccc56)ccc5oc6ccccc6c45)c4ccccc34)c3ccccc23)c([2H])c1[2H]. The van der Waals surface area contributed by atoms with Crippen molar-refractivity contribution in [3.63, 3.8) is 0 Å². The van der Waals surface area contributed by atoms with Crippen LogP contribution >= 0.6 is 0 Å². The number of hydrogen-bond acceptors (Lipinski definition) is 2. The molecule has 0 unspecified atom stereocenters. The van der Waals surface area contributed by atoms with Crippen LogP contribution in [0.3, 0.4) is 0 Å². The fourth-order valence-electron chi connectivity index (χ4n) is 9.08. The molecule has 2 aromatic heterocycles. The van der Waals surface area contributed by atoms with Gasteiger partial charge in [0, 0.05) is 32.7 Å². The second-order valence-corrected chi connectivity index (χ2v) is 14.3. The minimum Gasteiger partial charge on any atom is -0.456 e. The van der Waals surface area contributed by atoms with E-state index in [0.29, 0.717) is 5.56 Å². The summed E-state index contributed by atoms with van der Waals surface area (Å²) in [7, 11) is 0. The highest BCUT2D eigenvalue weighted by atomic mass is 16.3. The van der Waals surface area contributed by atoms with Crippen LogP contribution in [0.5, 0.6) is 0 Å². The molecule has 0 N–H and O–H groups in total. The van der Waals surface area contributed by atoms with Crippen molar-refractivity contribution in [1.82, 2.24) is 0 Å². The van der Waals surface area contributed by atoms with Gasteiger partial charge in [-0.05, 0) is 90.0 Å². The molecule has 260 valence electrons. The van der Waals surface area contributed by atoms with Crippen molar-refractivity contribution in [2.75, 3.05) is 0 Å². The van der Waals surface area contributed by atoms with Gasteiger partial charge in [-0.2, -0.15) is 0 Å². The lowest BCUT2D eigenvalue weighted by molar-refractivity contribution is 0.668. The number of fused-ring (bicyclic) bond motifs is 9. The molecule has 0 fully saturated rings. The summed E-state index contributed by atoms with van der Waals surface area (Å²) in [5, 5.41) is 9.73. The van der Waals surface area contributed by atoms with E-state index in [9.17, 15) is 0 Å². The van der Waals surface area contributed by atoms with Gasteiger partial charge >= 0.3 is 0 Å². The fourth-order valence-corrected chi connectivity index (χ4v) is 9.08. The molecule has 12 rings (SSSR count). The number of para-hydroxylation sites is 3. The first-order valence-corrected chi connectivity index (χ1v) is 18.8. The molecular formula is C54H32O2. The van der Waals surface area contributed by atoms with Gasteiger partial charge in [0.25, 0.3) is 0 Å². The molecule has 0 aliphatic rings. The second kappa shape index (κ2) is 12.0. The molecule has 56 heavy (non-hydrogen) atoms. The van der Waals surface area contributed by atoms with E-state index in [1.807, 2.05) is 66.7 Å². The van der Waals surface area contributed by atoms with E-state index < -0.39 is 6.04 Å². The average molecular weight is 718 g/mol. The summed E-state index contributed by atoms with van der Waals surface area (Å²) in [6.45, 7) is 0. The predicted molar refractivity (Wildman–Crippen MR) is 235 cm³/mol. The first-order valence-electron chi connectivity index (χ1n) is 21.3. The van der Waals surface area contributed by atoms with E-state index in [2.05, 4.69) is 97.1 Å². The van der Waals surface area contributed by atoms with E-state index in [4.69, 9.17) is 15.7 Å². The van der Waals surface area contributed by atoms with Crippen molar-refractivity contribution in [1.29, 1.82) is 0 Å². The number of benzene rings is 10. The van der Waals surface area contributed by atoms with Crippen LogP contribution in [0.2, 0.25) is 0 Å². The smallest absolute Gasteiger partial charge is 0.143 e. The molecule has 0 amide bonds. The van der Waals surface area contributed by atoms with Crippen LogP contribution in [0.4, 0.5) is 0 Å². The molecule has 2 heteroatoms.